The van der Waals surface area contributed by atoms with Gasteiger partial charge in [-0.2, -0.15) is 0 Å². The lowest BCUT2D eigenvalue weighted by Gasteiger charge is -2.26. The average molecular weight is 727 g/mol. The van der Waals surface area contributed by atoms with E-state index in [4.69, 9.17) is 15.0 Å². The number of hydrogen-bond acceptors (Lipinski definition) is 4. The van der Waals surface area contributed by atoms with Crippen LogP contribution in [0.2, 0.25) is 0 Å². The monoisotopic (exact) mass is 726 g/mol. The number of aromatic nitrogens is 3. The van der Waals surface area contributed by atoms with Crippen LogP contribution < -0.4 is 4.90 Å². The molecule has 4 nitrogen and oxygen atoms in total. The number of rotatable bonds is 6. The zero-order valence-corrected chi connectivity index (χ0v) is 30.9. The van der Waals surface area contributed by atoms with Crippen LogP contribution in [-0.2, 0) is 0 Å². The summed E-state index contributed by atoms with van der Waals surface area (Å²) in [6, 6.07) is 72.6. The lowest BCUT2D eigenvalue weighted by atomic mass is 9.93. The van der Waals surface area contributed by atoms with Crippen LogP contribution in [0.5, 0.6) is 0 Å². The van der Waals surface area contributed by atoms with Crippen molar-refractivity contribution in [1.82, 2.24) is 15.0 Å². The standard InChI is InChI=1S/C53H34N4/c1-5-13-36(14-6-1)47-31-26-38-22-23-39-27-32-48(55-53(39)52(38)54-47)40-24-21-35-25-29-45-50(46(35)33-40)44-30-28-43(34-49(44)56-51(45)37-15-7-2-8-16-37)57(41-17-9-3-10-18-41)42-19-11-4-12-20-42/h1-34H. The third kappa shape index (κ3) is 5.74. The number of para-hydroxylation sites is 2. The van der Waals surface area contributed by atoms with Crippen LogP contribution in [0, 0.1) is 0 Å². The van der Waals surface area contributed by atoms with Crippen LogP contribution in [0.1, 0.15) is 0 Å². The molecule has 0 spiro atoms. The number of pyridine rings is 3. The summed E-state index contributed by atoms with van der Waals surface area (Å²) in [5, 5.41) is 7.86. The van der Waals surface area contributed by atoms with Crippen LogP contribution in [0.3, 0.4) is 0 Å². The van der Waals surface area contributed by atoms with Gasteiger partial charge < -0.3 is 4.90 Å². The first-order chi connectivity index (χ1) is 28.2. The topological polar surface area (TPSA) is 41.9 Å². The van der Waals surface area contributed by atoms with E-state index >= 15 is 0 Å². The zero-order valence-electron chi connectivity index (χ0n) is 30.9. The SMILES string of the molecule is c1ccc(-c2ccc3ccc4ccc(-c5ccc6ccc7c(-c8ccccc8)nc8cc(N(c9ccccc9)c9ccccc9)ccc8c7c6c5)nc4c3n2)cc1. The number of nitrogens with zero attached hydrogens (tertiary/aromatic N) is 4. The maximum atomic E-state index is 5.44. The van der Waals surface area contributed by atoms with Gasteiger partial charge in [0, 0.05) is 60.7 Å². The second-order valence-corrected chi connectivity index (χ2v) is 14.4. The van der Waals surface area contributed by atoms with Gasteiger partial charge in [-0.1, -0.05) is 152 Å². The number of hydrogen-bond donors (Lipinski definition) is 0. The molecule has 11 rings (SSSR count). The molecule has 0 aliphatic carbocycles. The molecular formula is C53H34N4. The van der Waals surface area contributed by atoms with Crippen molar-refractivity contribution in [3.63, 3.8) is 0 Å². The van der Waals surface area contributed by atoms with E-state index < -0.39 is 0 Å². The fourth-order valence-electron chi connectivity index (χ4n) is 8.23. The Morgan fingerprint density at radius 1 is 0.316 bits per heavy atom. The normalized spacial score (nSPS) is 11.5. The van der Waals surface area contributed by atoms with Gasteiger partial charge in [-0.15, -0.1) is 0 Å². The molecule has 3 heterocycles. The molecule has 8 aromatic carbocycles. The van der Waals surface area contributed by atoms with Crippen LogP contribution >= 0.6 is 0 Å². The molecule has 0 aliphatic heterocycles. The first-order valence-corrected chi connectivity index (χ1v) is 19.3. The lowest BCUT2D eigenvalue weighted by molar-refractivity contribution is 1.28. The Morgan fingerprint density at radius 2 is 0.825 bits per heavy atom. The van der Waals surface area contributed by atoms with Crippen LogP contribution in [0.25, 0.3) is 88.0 Å². The van der Waals surface area contributed by atoms with Gasteiger partial charge in [0.2, 0.25) is 0 Å². The fraction of sp³-hybridized carbons (Fsp3) is 0. The molecule has 57 heavy (non-hydrogen) atoms. The predicted molar refractivity (Wildman–Crippen MR) is 238 cm³/mol. The Bertz CT molecular complexity index is 3240. The molecule has 0 saturated carbocycles. The van der Waals surface area contributed by atoms with Crippen molar-refractivity contribution in [1.29, 1.82) is 0 Å². The Labute approximate surface area is 330 Å². The molecule has 3 aromatic heterocycles. The van der Waals surface area contributed by atoms with Gasteiger partial charge in [-0.3, -0.25) is 0 Å². The van der Waals surface area contributed by atoms with E-state index in [1.807, 2.05) is 6.07 Å². The summed E-state index contributed by atoms with van der Waals surface area (Å²) in [7, 11) is 0. The molecule has 0 aliphatic rings. The van der Waals surface area contributed by atoms with E-state index in [1.54, 1.807) is 0 Å². The number of anilines is 3. The minimum Gasteiger partial charge on any atom is -0.310 e. The molecule has 0 atom stereocenters. The van der Waals surface area contributed by atoms with Gasteiger partial charge in [-0.25, -0.2) is 15.0 Å². The van der Waals surface area contributed by atoms with E-state index in [0.717, 1.165) is 99.7 Å². The molecule has 11 aromatic rings. The van der Waals surface area contributed by atoms with Gasteiger partial charge in [0.05, 0.1) is 33.6 Å². The molecule has 0 radical (unpaired) electrons. The highest BCUT2D eigenvalue weighted by molar-refractivity contribution is 6.23. The van der Waals surface area contributed by atoms with Crippen molar-refractivity contribution in [2.75, 3.05) is 4.90 Å². The quantitative estimate of drug-likeness (QED) is 0.160. The highest BCUT2D eigenvalue weighted by Gasteiger charge is 2.18. The Hall–Kier alpha value is -7.69. The van der Waals surface area contributed by atoms with Crippen LogP contribution in [0.4, 0.5) is 17.1 Å². The third-order valence-electron chi connectivity index (χ3n) is 11.0. The highest BCUT2D eigenvalue weighted by atomic mass is 15.1. The lowest BCUT2D eigenvalue weighted by Crippen LogP contribution is -2.09. The molecule has 0 bridgehead atoms. The second kappa shape index (κ2) is 13.6. The number of fused-ring (bicyclic) bond motifs is 8. The van der Waals surface area contributed by atoms with Gasteiger partial charge >= 0.3 is 0 Å². The van der Waals surface area contributed by atoms with E-state index in [0.29, 0.717) is 0 Å². The summed E-state index contributed by atoms with van der Waals surface area (Å²) in [6.45, 7) is 0. The largest absolute Gasteiger partial charge is 0.310 e. The first kappa shape index (κ1) is 32.7. The van der Waals surface area contributed by atoms with Crippen molar-refractivity contribution >= 4 is 71.3 Å². The van der Waals surface area contributed by atoms with Crippen molar-refractivity contribution in [3.05, 3.63) is 206 Å². The van der Waals surface area contributed by atoms with Crippen molar-refractivity contribution in [2.24, 2.45) is 0 Å². The van der Waals surface area contributed by atoms with E-state index in [-0.39, 0.29) is 0 Å². The molecule has 0 amide bonds. The smallest absolute Gasteiger partial charge is 0.0972 e. The predicted octanol–water partition coefficient (Wildman–Crippen LogP) is 14.1. The summed E-state index contributed by atoms with van der Waals surface area (Å²) in [4.78, 5) is 18.2. The van der Waals surface area contributed by atoms with E-state index in [1.165, 1.54) is 5.39 Å². The maximum Gasteiger partial charge on any atom is 0.0972 e. The van der Waals surface area contributed by atoms with Crippen LogP contribution in [0.15, 0.2) is 206 Å². The van der Waals surface area contributed by atoms with Crippen molar-refractivity contribution in [3.8, 4) is 33.8 Å². The van der Waals surface area contributed by atoms with Crippen molar-refractivity contribution in [2.45, 2.75) is 0 Å². The molecule has 0 unspecified atom stereocenters. The summed E-state index contributed by atoms with van der Waals surface area (Å²) in [6.07, 6.45) is 0. The highest BCUT2D eigenvalue weighted by Crippen LogP contribution is 2.42. The van der Waals surface area contributed by atoms with Crippen LogP contribution in [-0.4, -0.2) is 15.0 Å². The van der Waals surface area contributed by atoms with Gasteiger partial charge in [0.25, 0.3) is 0 Å². The van der Waals surface area contributed by atoms with E-state index in [9.17, 15) is 0 Å². The van der Waals surface area contributed by atoms with Gasteiger partial charge in [-0.05, 0) is 65.4 Å². The number of benzene rings is 8. The molecular weight excluding hydrogens is 693 g/mol. The fourth-order valence-corrected chi connectivity index (χ4v) is 8.23. The Morgan fingerprint density at radius 3 is 1.46 bits per heavy atom. The molecule has 0 saturated heterocycles. The van der Waals surface area contributed by atoms with Gasteiger partial charge in [0.15, 0.2) is 0 Å². The molecule has 266 valence electrons. The van der Waals surface area contributed by atoms with Crippen molar-refractivity contribution < 1.29 is 0 Å². The average Bonchev–Trinajstić information content (AvgIpc) is 3.29. The first-order valence-electron chi connectivity index (χ1n) is 19.3. The summed E-state index contributed by atoms with van der Waals surface area (Å²) in [5.41, 5.74) is 12.0. The zero-order chi connectivity index (χ0) is 37.7. The maximum absolute atomic E-state index is 5.44. The Balaban J connectivity index is 1.13. The van der Waals surface area contributed by atoms with E-state index in [2.05, 4.69) is 205 Å². The summed E-state index contributed by atoms with van der Waals surface area (Å²) in [5.74, 6) is 0. The Kier molecular flexibility index (Phi) is 7.78. The molecule has 4 heteroatoms. The minimum atomic E-state index is 0.899. The third-order valence-corrected chi connectivity index (χ3v) is 11.0. The summed E-state index contributed by atoms with van der Waals surface area (Å²) < 4.78 is 0. The molecule has 0 N–H and O–H groups in total. The minimum absolute atomic E-state index is 0.899. The van der Waals surface area contributed by atoms with Gasteiger partial charge in [0.1, 0.15) is 0 Å². The second-order valence-electron chi connectivity index (χ2n) is 14.4. The molecule has 0 fully saturated rings. The summed E-state index contributed by atoms with van der Waals surface area (Å²) >= 11 is 0.